The highest BCUT2D eigenvalue weighted by Gasteiger charge is 2.48. The Bertz CT molecular complexity index is 583. The van der Waals surface area contributed by atoms with Crippen LogP contribution in [0.3, 0.4) is 0 Å². The van der Waals surface area contributed by atoms with E-state index in [9.17, 15) is 18.0 Å². The molecular weight excluding hydrogens is 281 g/mol. The molecule has 2 heterocycles. The topological polar surface area (TPSA) is 32.3 Å². The first-order chi connectivity index (χ1) is 9.82. The maximum atomic E-state index is 13.2. The summed E-state index contributed by atoms with van der Waals surface area (Å²) in [5.41, 5.74) is -0.480. The number of alkyl halides is 3. The maximum absolute atomic E-state index is 13.2. The number of fused-ring (bicyclic) bond motifs is 3. The number of carbonyl (C=O) groups excluding carboxylic acids is 1. The van der Waals surface area contributed by atoms with Crippen LogP contribution in [-0.4, -0.2) is 29.9 Å². The van der Waals surface area contributed by atoms with Crippen molar-refractivity contribution in [3.63, 3.8) is 0 Å². The third-order valence-electron chi connectivity index (χ3n) is 4.32. The smallest absolute Gasteiger partial charge is 0.329 e. The molecule has 2 unspecified atom stereocenters. The zero-order valence-electron chi connectivity index (χ0n) is 11.9. The fourth-order valence-corrected chi connectivity index (χ4v) is 3.42. The fourth-order valence-electron chi connectivity index (χ4n) is 3.42. The molecular formula is C15H17F3N2O. The molecule has 1 saturated heterocycles. The number of benzene rings is 1. The second-order valence-corrected chi connectivity index (χ2v) is 5.93. The molecule has 6 heteroatoms. The normalized spacial score (nSPS) is 25.2. The van der Waals surface area contributed by atoms with Crippen molar-refractivity contribution in [2.45, 2.75) is 32.1 Å². The van der Waals surface area contributed by atoms with Crippen molar-refractivity contribution in [1.82, 2.24) is 10.2 Å². The lowest BCUT2D eigenvalue weighted by Crippen LogP contribution is -2.53. The van der Waals surface area contributed by atoms with E-state index in [2.05, 4.69) is 5.32 Å². The van der Waals surface area contributed by atoms with E-state index in [0.29, 0.717) is 18.7 Å². The Morgan fingerprint density at radius 3 is 2.67 bits per heavy atom. The van der Waals surface area contributed by atoms with E-state index >= 15 is 0 Å². The Morgan fingerprint density at radius 2 is 2.05 bits per heavy atom. The van der Waals surface area contributed by atoms with E-state index in [1.54, 1.807) is 11.0 Å². The van der Waals surface area contributed by atoms with Gasteiger partial charge in [-0.05, 0) is 17.5 Å². The summed E-state index contributed by atoms with van der Waals surface area (Å²) in [6.45, 7) is 5.08. The first-order valence-electron chi connectivity index (χ1n) is 7.07. The predicted octanol–water partition coefficient (Wildman–Crippen LogP) is 2.83. The highest BCUT2D eigenvalue weighted by molar-refractivity contribution is 6.01. The number of piperazine rings is 1. The SMILES string of the molecule is CC(C)C1NCCN2C(=O)c3c(cccc3C(F)(F)F)C12. The van der Waals surface area contributed by atoms with Gasteiger partial charge in [0.15, 0.2) is 0 Å². The van der Waals surface area contributed by atoms with Crippen LogP contribution in [0.4, 0.5) is 13.2 Å². The molecule has 2 aliphatic heterocycles. The standard InChI is InChI=1S/C15H17F3N2O/c1-8(2)12-13-9-4-3-5-10(15(16,17)18)11(9)14(21)20(13)7-6-19-12/h3-5,8,12-13,19H,6-7H2,1-2H3. The molecule has 0 aliphatic carbocycles. The molecule has 114 valence electrons. The van der Waals surface area contributed by atoms with Gasteiger partial charge in [-0.25, -0.2) is 0 Å². The zero-order chi connectivity index (χ0) is 15.4. The maximum Gasteiger partial charge on any atom is 0.417 e. The second-order valence-electron chi connectivity index (χ2n) is 5.93. The number of rotatable bonds is 1. The van der Waals surface area contributed by atoms with E-state index in [0.717, 1.165) is 6.07 Å². The number of hydrogen-bond acceptors (Lipinski definition) is 2. The van der Waals surface area contributed by atoms with Crippen molar-refractivity contribution in [3.8, 4) is 0 Å². The van der Waals surface area contributed by atoms with Gasteiger partial charge < -0.3 is 10.2 Å². The summed E-state index contributed by atoms with van der Waals surface area (Å²) in [5, 5.41) is 3.33. The van der Waals surface area contributed by atoms with Gasteiger partial charge in [0.2, 0.25) is 0 Å². The molecule has 1 amide bonds. The first kappa shape index (κ1) is 14.4. The molecule has 0 spiro atoms. The number of amides is 1. The van der Waals surface area contributed by atoms with Crippen molar-refractivity contribution >= 4 is 5.91 Å². The molecule has 2 atom stereocenters. The summed E-state index contributed by atoms with van der Waals surface area (Å²) >= 11 is 0. The number of halogens is 3. The monoisotopic (exact) mass is 298 g/mol. The molecule has 1 N–H and O–H groups in total. The van der Waals surface area contributed by atoms with Gasteiger partial charge in [-0.3, -0.25) is 4.79 Å². The molecule has 1 aromatic rings. The van der Waals surface area contributed by atoms with Crippen LogP contribution in [0.2, 0.25) is 0 Å². The summed E-state index contributed by atoms with van der Waals surface area (Å²) < 4.78 is 39.5. The summed E-state index contributed by atoms with van der Waals surface area (Å²) in [4.78, 5) is 14.0. The van der Waals surface area contributed by atoms with E-state index in [1.165, 1.54) is 6.07 Å². The van der Waals surface area contributed by atoms with Crippen LogP contribution in [-0.2, 0) is 6.18 Å². The molecule has 0 aromatic heterocycles. The minimum absolute atomic E-state index is 0.0209. The highest BCUT2D eigenvalue weighted by Crippen LogP contribution is 2.44. The predicted molar refractivity (Wildman–Crippen MR) is 71.9 cm³/mol. The Hall–Kier alpha value is -1.56. The van der Waals surface area contributed by atoms with Crippen LogP contribution in [0.25, 0.3) is 0 Å². The van der Waals surface area contributed by atoms with E-state index < -0.39 is 17.6 Å². The van der Waals surface area contributed by atoms with Crippen LogP contribution in [0.15, 0.2) is 18.2 Å². The summed E-state index contributed by atoms with van der Waals surface area (Å²) in [6.07, 6.45) is -4.50. The van der Waals surface area contributed by atoms with Gasteiger partial charge in [0.25, 0.3) is 5.91 Å². The van der Waals surface area contributed by atoms with Crippen molar-refractivity contribution in [2.24, 2.45) is 5.92 Å². The molecule has 3 rings (SSSR count). The molecule has 1 fully saturated rings. The second kappa shape index (κ2) is 4.73. The number of hydrogen-bond donors (Lipinski definition) is 1. The van der Waals surface area contributed by atoms with Gasteiger partial charge in [-0.2, -0.15) is 13.2 Å². The summed E-state index contributed by atoms with van der Waals surface area (Å²) in [5.74, 6) is -0.263. The summed E-state index contributed by atoms with van der Waals surface area (Å²) in [7, 11) is 0. The molecule has 0 saturated carbocycles. The van der Waals surface area contributed by atoms with Crippen molar-refractivity contribution in [2.75, 3.05) is 13.1 Å². The largest absolute Gasteiger partial charge is 0.417 e. The Kier molecular flexibility index (Phi) is 3.24. The average molecular weight is 298 g/mol. The van der Waals surface area contributed by atoms with E-state index in [-0.39, 0.29) is 23.6 Å². The van der Waals surface area contributed by atoms with Crippen LogP contribution < -0.4 is 5.32 Å². The van der Waals surface area contributed by atoms with Crippen LogP contribution >= 0.6 is 0 Å². The molecule has 2 aliphatic rings. The first-order valence-corrected chi connectivity index (χ1v) is 7.07. The fraction of sp³-hybridized carbons (Fsp3) is 0.533. The molecule has 3 nitrogen and oxygen atoms in total. The lowest BCUT2D eigenvalue weighted by Gasteiger charge is -2.40. The quantitative estimate of drug-likeness (QED) is 0.864. The Morgan fingerprint density at radius 1 is 1.33 bits per heavy atom. The van der Waals surface area contributed by atoms with Gasteiger partial charge in [0, 0.05) is 19.1 Å². The molecule has 1 aromatic carbocycles. The minimum atomic E-state index is -4.50. The number of nitrogens with one attached hydrogen (secondary N) is 1. The van der Waals surface area contributed by atoms with Crippen molar-refractivity contribution in [3.05, 3.63) is 34.9 Å². The lowest BCUT2D eigenvalue weighted by atomic mass is 9.88. The number of nitrogens with zero attached hydrogens (tertiary/aromatic N) is 1. The molecule has 21 heavy (non-hydrogen) atoms. The van der Waals surface area contributed by atoms with Gasteiger partial charge in [0.05, 0.1) is 17.2 Å². The van der Waals surface area contributed by atoms with Gasteiger partial charge in [0.1, 0.15) is 0 Å². The van der Waals surface area contributed by atoms with Crippen molar-refractivity contribution < 1.29 is 18.0 Å². The van der Waals surface area contributed by atoms with Crippen LogP contribution in [0.5, 0.6) is 0 Å². The third-order valence-corrected chi connectivity index (χ3v) is 4.32. The third kappa shape index (κ3) is 2.12. The van der Waals surface area contributed by atoms with E-state index in [4.69, 9.17) is 0 Å². The Balaban J connectivity index is 2.16. The average Bonchev–Trinajstić information content (AvgIpc) is 2.71. The highest BCUT2D eigenvalue weighted by atomic mass is 19.4. The zero-order valence-corrected chi connectivity index (χ0v) is 11.9. The van der Waals surface area contributed by atoms with Crippen LogP contribution in [0, 0.1) is 5.92 Å². The summed E-state index contributed by atoms with van der Waals surface area (Å²) in [6, 6.07) is 3.71. The van der Waals surface area contributed by atoms with Crippen LogP contribution in [0.1, 0.15) is 41.4 Å². The lowest BCUT2D eigenvalue weighted by molar-refractivity contribution is -0.137. The van der Waals surface area contributed by atoms with Crippen molar-refractivity contribution in [1.29, 1.82) is 0 Å². The van der Waals surface area contributed by atoms with Gasteiger partial charge >= 0.3 is 6.18 Å². The van der Waals surface area contributed by atoms with Gasteiger partial charge in [-0.15, -0.1) is 0 Å². The molecule has 0 radical (unpaired) electrons. The Labute approximate surface area is 121 Å². The molecule has 0 bridgehead atoms. The van der Waals surface area contributed by atoms with E-state index in [1.807, 2.05) is 13.8 Å². The number of carbonyl (C=O) groups is 1. The van der Waals surface area contributed by atoms with Gasteiger partial charge in [-0.1, -0.05) is 26.0 Å². The minimum Gasteiger partial charge on any atom is -0.329 e.